The van der Waals surface area contributed by atoms with Gasteiger partial charge in [0, 0.05) is 12.6 Å². The fourth-order valence-electron chi connectivity index (χ4n) is 1.85. The molecule has 0 aliphatic carbocycles. The van der Waals surface area contributed by atoms with Crippen molar-refractivity contribution < 1.29 is 4.79 Å². The van der Waals surface area contributed by atoms with Crippen molar-refractivity contribution >= 4 is 5.91 Å². The lowest BCUT2D eigenvalue weighted by Crippen LogP contribution is -2.33. The van der Waals surface area contributed by atoms with Crippen molar-refractivity contribution in [2.45, 2.75) is 6.92 Å². The van der Waals surface area contributed by atoms with Gasteiger partial charge in [0.05, 0.1) is 11.8 Å². The summed E-state index contributed by atoms with van der Waals surface area (Å²) >= 11 is 0. The van der Waals surface area contributed by atoms with Crippen LogP contribution in [0.4, 0.5) is 0 Å². The van der Waals surface area contributed by atoms with Crippen molar-refractivity contribution in [2.75, 3.05) is 13.1 Å². The summed E-state index contributed by atoms with van der Waals surface area (Å²) in [4.78, 5) is 25.5. The van der Waals surface area contributed by atoms with E-state index in [0.717, 1.165) is 0 Å². The molecule has 0 atom stereocenters. The molecule has 0 saturated heterocycles. The molecular weight excluding hydrogens is 268 g/mol. The Morgan fingerprint density at radius 2 is 2.00 bits per heavy atom. The van der Waals surface area contributed by atoms with Crippen molar-refractivity contribution in [3.8, 4) is 11.8 Å². The third-order valence-corrected chi connectivity index (χ3v) is 2.95. The Labute approximate surface area is 121 Å². The Kier molecular flexibility index (Phi) is 4.46. The predicted octanol–water partition coefficient (Wildman–Crippen LogP) is 1.22. The summed E-state index contributed by atoms with van der Waals surface area (Å²) in [6.45, 7) is 2.17. The Morgan fingerprint density at radius 1 is 1.29 bits per heavy atom. The highest BCUT2D eigenvalue weighted by atomic mass is 16.2. The van der Waals surface area contributed by atoms with E-state index < -0.39 is 0 Å². The zero-order valence-corrected chi connectivity index (χ0v) is 11.6. The van der Waals surface area contributed by atoms with E-state index in [2.05, 4.69) is 5.10 Å². The van der Waals surface area contributed by atoms with Crippen LogP contribution in [0.5, 0.6) is 0 Å². The first-order chi connectivity index (χ1) is 10.2. The number of nitrogens with zero attached hydrogens (tertiary/aromatic N) is 4. The van der Waals surface area contributed by atoms with Gasteiger partial charge in [-0.1, -0.05) is 18.2 Å². The van der Waals surface area contributed by atoms with Gasteiger partial charge >= 0.3 is 0 Å². The number of aromatic nitrogens is 2. The molecule has 1 aromatic heterocycles. The minimum Gasteiger partial charge on any atom is -0.324 e. The van der Waals surface area contributed by atoms with Gasteiger partial charge in [-0.15, -0.1) is 0 Å². The van der Waals surface area contributed by atoms with Gasteiger partial charge in [-0.25, -0.2) is 0 Å². The topological polar surface area (TPSA) is 79.0 Å². The number of hydrogen-bond acceptors (Lipinski definition) is 4. The van der Waals surface area contributed by atoms with Crippen LogP contribution in [-0.4, -0.2) is 33.7 Å². The number of carbonyl (C=O) groups excluding carboxylic acids is 1. The second-order valence-corrected chi connectivity index (χ2v) is 4.28. The third-order valence-electron chi connectivity index (χ3n) is 2.95. The molecule has 0 saturated carbocycles. The van der Waals surface area contributed by atoms with E-state index in [1.54, 1.807) is 31.2 Å². The molecular formula is C15H14N4O2. The fourth-order valence-corrected chi connectivity index (χ4v) is 1.85. The van der Waals surface area contributed by atoms with Crippen LogP contribution >= 0.6 is 0 Å². The normalized spacial score (nSPS) is 9.90. The highest BCUT2D eigenvalue weighted by molar-refractivity contribution is 5.92. The second-order valence-electron chi connectivity index (χ2n) is 4.28. The van der Waals surface area contributed by atoms with Crippen molar-refractivity contribution in [2.24, 2.45) is 0 Å². The van der Waals surface area contributed by atoms with Gasteiger partial charge in [0.15, 0.2) is 0 Å². The lowest BCUT2D eigenvalue weighted by molar-refractivity contribution is 0.0776. The van der Waals surface area contributed by atoms with Crippen molar-refractivity contribution in [3.63, 3.8) is 0 Å². The number of hydrogen-bond donors (Lipinski definition) is 0. The fraction of sp³-hybridized carbons (Fsp3) is 0.200. The molecule has 0 aliphatic rings. The molecule has 0 radical (unpaired) electrons. The summed E-state index contributed by atoms with van der Waals surface area (Å²) in [5.41, 5.74) is 0.400. The molecule has 0 N–H and O–H groups in total. The van der Waals surface area contributed by atoms with Crippen LogP contribution < -0.4 is 5.56 Å². The van der Waals surface area contributed by atoms with Crippen LogP contribution in [0.3, 0.4) is 0 Å². The number of rotatable bonds is 4. The van der Waals surface area contributed by atoms with E-state index in [-0.39, 0.29) is 23.7 Å². The van der Waals surface area contributed by atoms with Gasteiger partial charge in [-0.2, -0.15) is 15.0 Å². The molecule has 6 heteroatoms. The Morgan fingerprint density at radius 3 is 2.62 bits per heavy atom. The molecule has 2 aromatic rings. The Balaban J connectivity index is 2.42. The second kappa shape index (κ2) is 6.48. The molecule has 0 aliphatic heterocycles. The highest BCUT2D eigenvalue weighted by Crippen LogP contribution is 2.04. The molecule has 0 unspecified atom stereocenters. The van der Waals surface area contributed by atoms with Gasteiger partial charge in [0.2, 0.25) is 0 Å². The first kappa shape index (κ1) is 14.5. The van der Waals surface area contributed by atoms with E-state index in [0.29, 0.717) is 12.2 Å². The molecule has 6 nitrogen and oxygen atoms in total. The number of carbonyl (C=O) groups is 1. The summed E-state index contributed by atoms with van der Waals surface area (Å²) in [6.07, 6.45) is 0. The number of nitriles is 1. The van der Waals surface area contributed by atoms with Crippen LogP contribution in [0.1, 0.15) is 17.4 Å². The summed E-state index contributed by atoms with van der Waals surface area (Å²) in [6, 6.07) is 13.5. The minimum absolute atomic E-state index is 0.0124. The monoisotopic (exact) mass is 282 g/mol. The van der Waals surface area contributed by atoms with Gasteiger partial charge in [0.1, 0.15) is 12.2 Å². The molecule has 106 valence electrons. The molecule has 1 heterocycles. The Bertz CT molecular complexity index is 731. The molecule has 21 heavy (non-hydrogen) atoms. The zero-order valence-electron chi connectivity index (χ0n) is 11.6. The largest absolute Gasteiger partial charge is 0.324 e. The SMILES string of the molecule is CCN(CC#N)C(=O)c1ccc(=O)n(-c2ccccc2)n1. The lowest BCUT2D eigenvalue weighted by Gasteiger charge is -2.16. The van der Waals surface area contributed by atoms with Crippen LogP contribution in [0, 0.1) is 11.3 Å². The minimum atomic E-state index is -0.372. The van der Waals surface area contributed by atoms with Crippen LogP contribution in [0.2, 0.25) is 0 Å². The maximum Gasteiger partial charge on any atom is 0.275 e. The average Bonchev–Trinajstić information content (AvgIpc) is 2.53. The standard InChI is InChI=1S/C15H14N4O2/c1-2-18(11-10-16)15(21)13-8-9-14(20)19(17-13)12-6-4-3-5-7-12/h3-9H,2,11H2,1H3. The van der Waals surface area contributed by atoms with Gasteiger partial charge < -0.3 is 4.90 Å². The Hall–Kier alpha value is -2.94. The van der Waals surface area contributed by atoms with Crippen molar-refractivity contribution in [1.82, 2.24) is 14.7 Å². The van der Waals surface area contributed by atoms with Gasteiger partial charge in [-0.3, -0.25) is 9.59 Å². The van der Waals surface area contributed by atoms with E-state index >= 15 is 0 Å². The van der Waals surface area contributed by atoms with Crippen LogP contribution in [0.15, 0.2) is 47.3 Å². The van der Waals surface area contributed by atoms with Crippen molar-refractivity contribution in [1.29, 1.82) is 5.26 Å². The highest BCUT2D eigenvalue weighted by Gasteiger charge is 2.16. The van der Waals surface area contributed by atoms with Crippen LogP contribution in [-0.2, 0) is 0 Å². The third kappa shape index (κ3) is 3.15. The van der Waals surface area contributed by atoms with E-state index in [4.69, 9.17) is 5.26 Å². The summed E-state index contributed by atoms with van der Waals surface area (Å²) in [7, 11) is 0. The number of para-hydroxylation sites is 1. The smallest absolute Gasteiger partial charge is 0.275 e. The number of amides is 1. The first-order valence-corrected chi connectivity index (χ1v) is 6.49. The predicted molar refractivity (Wildman–Crippen MR) is 77.0 cm³/mol. The quantitative estimate of drug-likeness (QED) is 0.790. The summed E-state index contributed by atoms with van der Waals surface area (Å²) in [5, 5.41) is 12.8. The zero-order chi connectivity index (χ0) is 15.2. The molecule has 0 spiro atoms. The van der Waals surface area contributed by atoms with Crippen molar-refractivity contribution in [3.05, 3.63) is 58.5 Å². The number of benzene rings is 1. The molecule has 1 aromatic carbocycles. The van der Waals surface area contributed by atoms with E-state index in [1.165, 1.54) is 21.7 Å². The molecule has 2 rings (SSSR count). The van der Waals surface area contributed by atoms with Crippen LogP contribution in [0.25, 0.3) is 5.69 Å². The maximum absolute atomic E-state index is 12.3. The maximum atomic E-state index is 12.3. The lowest BCUT2D eigenvalue weighted by atomic mass is 10.3. The summed E-state index contributed by atoms with van der Waals surface area (Å²) < 4.78 is 1.17. The summed E-state index contributed by atoms with van der Waals surface area (Å²) in [5.74, 6) is -0.372. The molecule has 0 fully saturated rings. The molecule has 1 amide bonds. The van der Waals surface area contributed by atoms with Gasteiger partial charge in [0.25, 0.3) is 11.5 Å². The van der Waals surface area contributed by atoms with Gasteiger partial charge in [-0.05, 0) is 25.1 Å². The molecule has 0 bridgehead atoms. The van der Waals surface area contributed by atoms with E-state index in [9.17, 15) is 9.59 Å². The first-order valence-electron chi connectivity index (χ1n) is 6.49. The van der Waals surface area contributed by atoms with E-state index in [1.807, 2.05) is 12.1 Å². The average molecular weight is 282 g/mol.